The molecule has 0 saturated carbocycles. The van der Waals surface area contributed by atoms with Crippen LogP contribution in [-0.2, 0) is 13.0 Å². The number of pyridine rings is 1. The molecule has 1 aliphatic heterocycles. The van der Waals surface area contributed by atoms with Crippen LogP contribution in [0.25, 0.3) is 16.8 Å². The first-order valence-electron chi connectivity index (χ1n) is 13.3. The Morgan fingerprint density at radius 3 is 2.69 bits per heavy atom. The van der Waals surface area contributed by atoms with Gasteiger partial charge >= 0.3 is 0 Å². The Balaban J connectivity index is 1.50. The lowest BCUT2D eigenvalue weighted by Gasteiger charge is -2.19. The van der Waals surface area contributed by atoms with E-state index < -0.39 is 0 Å². The third-order valence-electron chi connectivity index (χ3n) is 8.08. The molecule has 4 heteroatoms. The van der Waals surface area contributed by atoms with E-state index in [1.165, 1.54) is 58.3 Å². The van der Waals surface area contributed by atoms with Crippen molar-refractivity contribution in [3.8, 4) is 5.75 Å². The smallest absolute Gasteiger partial charge is 0.137 e. The number of ether oxygens (including phenoxy) is 1. The van der Waals surface area contributed by atoms with Crippen molar-refractivity contribution in [2.75, 3.05) is 13.7 Å². The fourth-order valence-electron chi connectivity index (χ4n) is 6.10. The number of aromatic nitrogens is 2. The first kappa shape index (κ1) is 23.1. The number of nitrogens with zero attached hydrogens (tertiary/aromatic N) is 3. The highest BCUT2D eigenvalue weighted by atomic mass is 16.5. The lowest BCUT2D eigenvalue weighted by atomic mass is 9.87. The molecule has 4 nitrogen and oxygen atoms in total. The van der Waals surface area contributed by atoms with Crippen molar-refractivity contribution in [3.63, 3.8) is 0 Å². The molecule has 0 radical (unpaired) electrons. The molecule has 2 aromatic heterocycles. The summed E-state index contributed by atoms with van der Waals surface area (Å²) in [5.74, 6) is 0.928. The molecular weight excluding hydrogens is 442 g/mol. The summed E-state index contributed by atoms with van der Waals surface area (Å²) < 4.78 is 7.76. The van der Waals surface area contributed by atoms with Crippen molar-refractivity contribution >= 4 is 16.8 Å². The summed E-state index contributed by atoms with van der Waals surface area (Å²) in [6.45, 7) is 6.66. The van der Waals surface area contributed by atoms with Crippen LogP contribution in [0.4, 0.5) is 0 Å². The summed E-state index contributed by atoms with van der Waals surface area (Å²) in [5.41, 5.74) is 11.5. The number of hydrogen-bond donors (Lipinski definition) is 0. The van der Waals surface area contributed by atoms with E-state index in [-0.39, 0.29) is 0 Å². The number of allylic oxidation sites excluding steroid dienone is 1. The summed E-state index contributed by atoms with van der Waals surface area (Å²) >= 11 is 0. The fraction of sp³-hybridized carbons (Fsp3) is 0.344. The zero-order valence-corrected chi connectivity index (χ0v) is 21.6. The maximum Gasteiger partial charge on any atom is 0.137 e. The van der Waals surface area contributed by atoms with Crippen LogP contribution in [0.1, 0.15) is 66.1 Å². The van der Waals surface area contributed by atoms with Gasteiger partial charge in [-0.3, -0.25) is 4.90 Å². The number of benzene rings is 2. The monoisotopic (exact) mass is 477 g/mol. The standard InChI is InChI=1S/C32H35N3O/c1-22-8-4-5-11-28(22)30-12-6-10-24-18-27(36-3)13-14-29(24)32(30)25-15-17-35-21-26(33-31(35)19-25)20-34-16-7-9-23(34)2/h4-5,8,11,13-15,17-19,21,23H,6-7,9-10,12,16,20H2,1-3H3/t23-/m0/s1. The molecule has 2 aliphatic rings. The van der Waals surface area contributed by atoms with Gasteiger partial charge in [-0.15, -0.1) is 0 Å². The van der Waals surface area contributed by atoms with Gasteiger partial charge in [-0.05, 0) is 116 Å². The van der Waals surface area contributed by atoms with Crippen LogP contribution in [0.15, 0.2) is 67.0 Å². The van der Waals surface area contributed by atoms with Gasteiger partial charge in [-0.2, -0.15) is 0 Å². The number of methoxy groups -OCH3 is 1. The quantitative estimate of drug-likeness (QED) is 0.312. The molecule has 36 heavy (non-hydrogen) atoms. The summed E-state index contributed by atoms with van der Waals surface area (Å²) in [4.78, 5) is 7.62. The Kier molecular flexibility index (Phi) is 6.14. The molecule has 0 amide bonds. The van der Waals surface area contributed by atoms with Gasteiger partial charge in [0, 0.05) is 25.0 Å². The molecule has 1 aliphatic carbocycles. The molecule has 184 valence electrons. The van der Waals surface area contributed by atoms with Crippen LogP contribution in [-0.4, -0.2) is 34.0 Å². The third kappa shape index (κ3) is 4.24. The van der Waals surface area contributed by atoms with E-state index in [2.05, 4.69) is 90.1 Å². The van der Waals surface area contributed by atoms with E-state index in [0.717, 1.165) is 42.9 Å². The van der Waals surface area contributed by atoms with E-state index in [0.29, 0.717) is 6.04 Å². The van der Waals surface area contributed by atoms with Crippen molar-refractivity contribution in [3.05, 3.63) is 101 Å². The summed E-state index contributed by atoms with van der Waals surface area (Å²) in [6, 6.07) is 20.6. The van der Waals surface area contributed by atoms with E-state index in [1.807, 2.05) is 0 Å². The van der Waals surface area contributed by atoms with E-state index >= 15 is 0 Å². The Hall–Kier alpha value is -3.37. The van der Waals surface area contributed by atoms with Gasteiger partial charge in [0.25, 0.3) is 0 Å². The van der Waals surface area contributed by atoms with Gasteiger partial charge in [-0.1, -0.05) is 30.3 Å². The van der Waals surface area contributed by atoms with Gasteiger partial charge < -0.3 is 9.14 Å². The largest absolute Gasteiger partial charge is 0.497 e. The molecule has 1 saturated heterocycles. The van der Waals surface area contributed by atoms with Crippen molar-refractivity contribution in [1.82, 2.24) is 14.3 Å². The van der Waals surface area contributed by atoms with Crippen LogP contribution in [0.2, 0.25) is 0 Å². The molecule has 2 aromatic carbocycles. The second-order valence-corrected chi connectivity index (χ2v) is 10.4. The molecule has 0 unspecified atom stereocenters. The van der Waals surface area contributed by atoms with Crippen LogP contribution < -0.4 is 4.74 Å². The number of hydrogen-bond acceptors (Lipinski definition) is 3. The van der Waals surface area contributed by atoms with Gasteiger partial charge in [0.2, 0.25) is 0 Å². The Morgan fingerprint density at radius 2 is 1.89 bits per heavy atom. The van der Waals surface area contributed by atoms with E-state index in [4.69, 9.17) is 9.72 Å². The fourth-order valence-corrected chi connectivity index (χ4v) is 6.10. The lowest BCUT2D eigenvalue weighted by molar-refractivity contribution is 0.258. The summed E-state index contributed by atoms with van der Waals surface area (Å²) in [7, 11) is 1.75. The zero-order chi connectivity index (χ0) is 24.6. The van der Waals surface area contributed by atoms with Crippen LogP contribution in [0.3, 0.4) is 0 Å². The van der Waals surface area contributed by atoms with E-state index in [1.54, 1.807) is 7.11 Å². The van der Waals surface area contributed by atoms with Crippen LogP contribution in [0, 0.1) is 6.92 Å². The first-order chi connectivity index (χ1) is 17.6. The number of aryl methyl sites for hydroxylation is 2. The SMILES string of the molecule is COc1ccc2c(c1)CCCC(c1ccccc1C)=C2c1ccn2cc(CN3CCC[C@@H]3C)nc2c1. The number of imidazole rings is 1. The Labute approximate surface area is 214 Å². The first-order valence-corrected chi connectivity index (χ1v) is 13.3. The molecule has 1 fully saturated rings. The maximum absolute atomic E-state index is 5.58. The second kappa shape index (κ2) is 9.59. The predicted molar refractivity (Wildman–Crippen MR) is 147 cm³/mol. The minimum absolute atomic E-state index is 0.645. The van der Waals surface area contributed by atoms with Crippen molar-refractivity contribution in [1.29, 1.82) is 0 Å². The third-order valence-corrected chi connectivity index (χ3v) is 8.08. The number of likely N-dealkylation sites (tertiary alicyclic amines) is 1. The molecular formula is C32H35N3O. The van der Waals surface area contributed by atoms with Gasteiger partial charge in [0.15, 0.2) is 0 Å². The van der Waals surface area contributed by atoms with E-state index in [9.17, 15) is 0 Å². The lowest BCUT2D eigenvalue weighted by Crippen LogP contribution is -2.26. The minimum Gasteiger partial charge on any atom is -0.497 e. The molecule has 0 spiro atoms. The summed E-state index contributed by atoms with van der Waals surface area (Å²) in [5, 5.41) is 0. The van der Waals surface area contributed by atoms with Gasteiger partial charge in [0.05, 0.1) is 12.8 Å². The average Bonchev–Trinajstić information content (AvgIpc) is 3.43. The molecule has 4 aromatic rings. The molecule has 1 atom stereocenters. The van der Waals surface area contributed by atoms with Crippen LogP contribution in [0.5, 0.6) is 5.75 Å². The average molecular weight is 478 g/mol. The van der Waals surface area contributed by atoms with Gasteiger partial charge in [-0.25, -0.2) is 4.98 Å². The second-order valence-electron chi connectivity index (χ2n) is 10.4. The van der Waals surface area contributed by atoms with Crippen molar-refractivity contribution in [2.24, 2.45) is 0 Å². The molecule has 6 rings (SSSR count). The highest BCUT2D eigenvalue weighted by Gasteiger charge is 2.23. The van der Waals surface area contributed by atoms with Crippen LogP contribution >= 0.6 is 0 Å². The summed E-state index contributed by atoms with van der Waals surface area (Å²) in [6.07, 6.45) is 10.2. The highest BCUT2D eigenvalue weighted by molar-refractivity contribution is 6.00. The Morgan fingerprint density at radius 1 is 1.00 bits per heavy atom. The number of fused-ring (bicyclic) bond motifs is 2. The van der Waals surface area contributed by atoms with Crippen molar-refractivity contribution in [2.45, 2.75) is 58.5 Å². The molecule has 0 N–H and O–H groups in total. The van der Waals surface area contributed by atoms with Gasteiger partial charge in [0.1, 0.15) is 11.4 Å². The van der Waals surface area contributed by atoms with Crippen molar-refractivity contribution < 1.29 is 4.74 Å². The topological polar surface area (TPSA) is 29.8 Å². The zero-order valence-electron chi connectivity index (χ0n) is 21.6. The Bertz CT molecular complexity index is 1450. The number of rotatable bonds is 5. The minimum atomic E-state index is 0.645. The predicted octanol–water partition coefficient (Wildman–Crippen LogP) is 6.93. The highest BCUT2D eigenvalue weighted by Crippen LogP contribution is 2.41. The normalized spacial score (nSPS) is 18.5. The molecule has 0 bridgehead atoms. The molecule has 3 heterocycles. The maximum atomic E-state index is 5.58.